The van der Waals surface area contributed by atoms with E-state index >= 15 is 0 Å². The van der Waals surface area contributed by atoms with E-state index in [1.54, 1.807) is 0 Å². The number of aliphatic carboxylic acids is 1. The second-order valence-electron chi connectivity index (χ2n) is 3.46. The van der Waals surface area contributed by atoms with Gasteiger partial charge in [0, 0.05) is 6.42 Å². The van der Waals surface area contributed by atoms with Gasteiger partial charge in [-0.3, -0.25) is 8.37 Å². The van der Waals surface area contributed by atoms with Gasteiger partial charge < -0.3 is 23.7 Å². The van der Waals surface area contributed by atoms with Crippen molar-refractivity contribution in [3.63, 3.8) is 0 Å². The summed E-state index contributed by atoms with van der Waals surface area (Å²) in [5.74, 6) is -1.72. The lowest BCUT2D eigenvalue weighted by atomic mass is 10.0. The molecule has 13 heteroatoms. The Bertz CT molecular complexity index is 534. The van der Waals surface area contributed by atoms with E-state index in [9.17, 15) is 35.8 Å². The van der Waals surface area contributed by atoms with Gasteiger partial charge in [0.15, 0.2) is 0 Å². The van der Waals surface area contributed by atoms with E-state index in [-0.39, 0.29) is 0 Å². The van der Waals surface area contributed by atoms with E-state index < -0.39 is 58.1 Å². The molecule has 2 unspecified atom stereocenters. The number of ether oxygens (including phenoxy) is 1. The van der Waals surface area contributed by atoms with Gasteiger partial charge in [-0.15, -0.1) is 0 Å². The number of hydrogen-bond acceptors (Lipinski definition) is 11. The topological polar surface area (TPSA) is 182 Å². The maximum absolute atomic E-state index is 10.5. The zero-order chi connectivity index (χ0) is 14.8. The molecule has 0 amide bonds. The van der Waals surface area contributed by atoms with Crippen molar-refractivity contribution in [3.8, 4) is 0 Å². The smallest absolute Gasteiger partial charge is 0.218 e. The van der Waals surface area contributed by atoms with Gasteiger partial charge in [-0.05, 0) is 0 Å². The van der Waals surface area contributed by atoms with Gasteiger partial charge in [-0.2, -0.15) is 0 Å². The number of carbonyl (C=O) groups excluding carboxylic acids is 1. The molecule has 1 aliphatic rings. The fourth-order valence-corrected chi connectivity index (χ4v) is 2.39. The molecule has 0 aromatic heterocycles. The average Bonchev–Trinajstić information content (AvgIpc) is 2.15. The van der Waals surface area contributed by atoms with Crippen LogP contribution in [0.4, 0.5) is 0 Å². The lowest BCUT2D eigenvalue weighted by Crippen LogP contribution is -2.51. The van der Waals surface area contributed by atoms with E-state index in [1.807, 2.05) is 0 Å². The van der Waals surface area contributed by atoms with Crippen LogP contribution in [0.3, 0.4) is 0 Å². The molecule has 0 N–H and O–H groups in total. The molecule has 0 aromatic carbocycles. The maximum Gasteiger partial charge on any atom is 0.218 e. The number of carbonyl (C=O) groups is 1. The van der Waals surface area contributed by atoms with E-state index in [2.05, 4.69) is 13.1 Å². The first kappa shape index (κ1) is 16.2. The van der Waals surface area contributed by atoms with Crippen LogP contribution in [0.1, 0.15) is 6.42 Å². The zero-order valence-electron chi connectivity index (χ0n) is 8.95. The van der Waals surface area contributed by atoms with Gasteiger partial charge in [0.1, 0.15) is 12.2 Å². The maximum atomic E-state index is 10.5. The molecule has 0 saturated carbocycles. The van der Waals surface area contributed by atoms with Crippen LogP contribution in [0.5, 0.6) is 0 Å². The molecule has 1 rings (SSSR count). The van der Waals surface area contributed by atoms with Gasteiger partial charge in [0.25, 0.3) is 0 Å². The molecule has 1 saturated heterocycles. The highest BCUT2D eigenvalue weighted by molar-refractivity contribution is 7.81. The van der Waals surface area contributed by atoms with Crippen LogP contribution in [0.25, 0.3) is 0 Å². The number of carboxylic acids is 1. The Labute approximate surface area is 108 Å². The van der Waals surface area contributed by atoms with Crippen molar-refractivity contribution < 1.29 is 48.9 Å². The molecule has 1 aliphatic heterocycles. The van der Waals surface area contributed by atoms with Gasteiger partial charge in [0.05, 0.1) is 18.7 Å². The Morgan fingerprint density at radius 2 is 1.53 bits per heavy atom. The number of rotatable bonds is 5. The van der Waals surface area contributed by atoms with Crippen molar-refractivity contribution in [2.24, 2.45) is 0 Å². The highest BCUT2D eigenvalue weighted by atomic mass is 32.3. The molecule has 3 atom stereocenters. The molecule has 1 heterocycles. The monoisotopic (exact) mass is 319 g/mol. The molecule has 112 valence electrons. The lowest BCUT2D eigenvalue weighted by Gasteiger charge is -2.36. The fourth-order valence-electron chi connectivity index (χ4n) is 1.41. The first-order valence-corrected chi connectivity index (χ1v) is 7.25. The van der Waals surface area contributed by atoms with E-state index in [0.29, 0.717) is 0 Å². The van der Waals surface area contributed by atoms with Gasteiger partial charge in [0.2, 0.25) is 20.8 Å². The molecule has 1 fully saturated rings. The van der Waals surface area contributed by atoms with Crippen LogP contribution in [-0.4, -0.2) is 56.8 Å². The van der Waals surface area contributed by atoms with Crippen LogP contribution in [0.2, 0.25) is 0 Å². The van der Waals surface area contributed by atoms with Crippen molar-refractivity contribution in [2.45, 2.75) is 24.7 Å². The van der Waals surface area contributed by atoms with E-state index in [1.165, 1.54) is 0 Å². The van der Waals surface area contributed by atoms with E-state index in [0.717, 1.165) is 0 Å². The largest absolute Gasteiger partial charge is 0.726 e. The van der Waals surface area contributed by atoms with Crippen LogP contribution >= 0.6 is 0 Å². The Morgan fingerprint density at radius 1 is 1.05 bits per heavy atom. The van der Waals surface area contributed by atoms with Gasteiger partial charge in [-0.1, -0.05) is 0 Å². The number of carboxylic acid groups (broad SMARTS) is 1. The molecule has 0 aromatic rings. The van der Waals surface area contributed by atoms with Crippen molar-refractivity contribution >= 4 is 26.8 Å². The Kier molecular flexibility index (Phi) is 4.83. The average molecular weight is 319 g/mol. The third-order valence-corrected chi connectivity index (χ3v) is 3.03. The summed E-state index contributed by atoms with van der Waals surface area (Å²) in [4.78, 5) is 10.5. The van der Waals surface area contributed by atoms with Gasteiger partial charge >= 0.3 is 0 Å². The molecular formula is C6H7O11S2-3. The summed E-state index contributed by atoms with van der Waals surface area (Å²) in [6.45, 7) is -0.777. The molecule has 0 aliphatic carbocycles. The number of hydrogen-bond donors (Lipinski definition) is 0. The van der Waals surface area contributed by atoms with Crippen molar-refractivity contribution in [3.05, 3.63) is 0 Å². The predicted molar refractivity (Wildman–Crippen MR) is 48.5 cm³/mol. The van der Waals surface area contributed by atoms with Crippen molar-refractivity contribution in [1.29, 1.82) is 0 Å². The van der Waals surface area contributed by atoms with Crippen LogP contribution in [0.15, 0.2) is 0 Å². The Morgan fingerprint density at radius 3 is 1.95 bits per heavy atom. The summed E-state index contributed by atoms with van der Waals surface area (Å²) >= 11 is 0. The third kappa shape index (κ3) is 5.77. The summed E-state index contributed by atoms with van der Waals surface area (Å²) in [6, 6.07) is 0. The summed E-state index contributed by atoms with van der Waals surface area (Å²) in [6.07, 6.45) is -5.89. The molecule has 0 radical (unpaired) electrons. The highest BCUT2D eigenvalue weighted by Crippen LogP contribution is 2.22. The summed E-state index contributed by atoms with van der Waals surface area (Å²) in [5.41, 5.74) is 0. The van der Waals surface area contributed by atoms with Gasteiger partial charge in [-0.25, -0.2) is 16.8 Å². The van der Waals surface area contributed by atoms with Crippen LogP contribution in [0, 0.1) is 0 Å². The normalized spacial score (nSPS) is 29.1. The second kappa shape index (κ2) is 5.66. The molecule has 0 spiro atoms. The minimum absolute atomic E-state index is 0.732. The highest BCUT2D eigenvalue weighted by Gasteiger charge is 2.36. The summed E-state index contributed by atoms with van der Waals surface area (Å²) < 4.78 is 74.8. The predicted octanol–water partition coefficient (Wildman–Crippen LogP) is -3.78. The molecule has 0 bridgehead atoms. The Hall–Kier alpha value is -0.830. The zero-order valence-corrected chi connectivity index (χ0v) is 10.6. The molecule has 19 heavy (non-hydrogen) atoms. The molecule has 11 nitrogen and oxygen atoms in total. The second-order valence-corrected chi connectivity index (χ2v) is 5.48. The molecular weight excluding hydrogens is 312 g/mol. The third-order valence-electron chi connectivity index (χ3n) is 2.07. The van der Waals surface area contributed by atoms with Crippen LogP contribution in [-0.2, 0) is 38.7 Å². The first-order chi connectivity index (χ1) is 8.48. The minimum atomic E-state index is -5.26. The fraction of sp³-hybridized carbons (Fsp3) is 0.833. The summed E-state index contributed by atoms with van der Waals surface area (Å²) in [5, 5.41) is 10.5. The minimum Gasteiger partial charge on any atom is -0.726 e. The standard InChI is InChI=1S/C6H10O11S2/c7-6(8)4-1-3(16-18(9,10)11)5(2-15-4)17-19(12,13)14/h3-5H,1-2H2,(H,7,8)(H,9,10,11)(H,12,13,14)/p-3/t3-,4?,5?/m1/s1. The summed E-state index contributed by atoms with van der Waals surface area (Å²) in [7, 11) is -10.5. The lowest BCUT2D eigenvalue weighted by molar-refractivity contribution is -0.320. The van der Waals surface area contributed by atoms with Crippen molar-refractivity contribution in [1.82, 2.24) is 0 Å². The van der Waals surface area contributed by atoms with E-state index in [4.69, 9.17) is 0 Å². The SMILES string of the molecule is O=C([O-])C1C[C@@H](OS(=O)(=O)[O-])C(OS(=O)(=O)[O-])CO1. The Balaban J connectivity index is 2.87. The van der Waals surface area contributed by atoms with Crippen molar-refractivity contribution in [2.75, 3.05) is 6.61 Å². The first-order valence-electron chi connectivity index (χ1n) is 4.58. The quantitative estimate of drug-likeness (QED) is 0.358. The van der Waals surface area contributed by atoms with Crippen LogP contribution < -0.4 is 5.11 Å².